The van der Waals surface area contributed by atoms with Gasteiger partial charge in [-0.05, 0) is 57.7 Å². The normalized spacial score (nSPS) is 22.3. The number of likely N-dealkylation sites (tertiary alicyclic amines) is 1. The van der Waals surface area contributed by atoms with Gasteiger partial charge in [-0.3, -0.25) is 0 Å². The summed E-state index contributed by atoms with van der Waals surface area (Å²) < 4.78 is 0. The Morgan fingerprint density at radius 2 is 2.23 bits per heavy atom. The number of nitrogens with zero attached hydrogens (tertiary/aromatic N) is 3. The molecule has 0 saturated carbocycles. The average Bonchev–Trinajstić information content (AvgIpc) is 3.10. The monoisotopic (exact) mass is 333 g/mol. The van der Waals surface area contributed by atoms with E-state index in [1.807, 2.05) is 23.1 Å². The Balaban J connectivity index is 1.48. The Morgan fingerprint density at radius 3 is 3.14 bits per heavy atom. The van der Waals surface area contributed by atoms with Gasteiger partial charge in [0.25, 0.3) is 0 Å². The summed E-state index contributed by atoms with van der Waals surface area (Å²) in [7, 11) is 2.28. The summed E-state index contributed by atoms with van der Waals surface area (Å²) in [5.74, 6) is 1.17. The summed E-state index contributed by atoms with van der Waals surface area (Å²) in [4.78, 5) is 14.4. The van der Waals surface area contributed by atoms with Crippen molar-refractivity contribution >= 4 is 33.3 Å². The Labute approximate surface area is 140 Å². The Kier molecular flexibility index (Phi) is 4.38. The zero-order chi connectivity index (χ0) is 14.9. The van der Waals surface area contributed by atoms with Crippen LogP contribution in [0.1, 0.15) is 42.5 Å². The van der Waals surface area contributed by atoms with Gasteiger partial charge in [-0.1, -0.05) is 6.42 Å². The molecule has 2 aromatic rings. The first-order chi connectivity index (χ1) is 10.8. The van der Waals surface area contributed by atoms with E-state index in [4.69, 9.17) is 0 Å². The molecule has 118 valence electrons. The van der Waals surface area contributed by atoms with Gasteiger partial charge in [0.1, 0.15) is 16.2 Å². The molecule has 1 fully saturated rings. The van der Waals surface area contributed by atoms with E-state index in [1.54, 1.807) is 16.8 Å². The smallest absolute Gasteiger partial charge is 0.128 e. The second-order valence-electron chi connectivity index (χ2n) is 6.48. The van der Waals surface area contributed by atoms with Crippen LogP contribution in [0.2, 0.25) is 0 Å². The molecule has 1 aliphatic carbocycles. The largest absolute Gasteiger partial charge is 0.303 e. The number of thioether (sulfide) groups is 1. The SMILES string of the molecule is CN1CCCC[C@H]1CCSc1ncnc2sc3c(c12)CCC3. The lowest BCUT2D eigenvalue weighted by Crippen LogP contribution is -2.36. The van der Waals surface area contributed by atoms with Crippen LogP contribution in [-0.4, -0.2) is 40.3 Å². The highest BCUT2D eigenvalue weighted by Crippen LogP contribution is 2.40. The zero-order valence-electron chi connectivity index (χ0n) is 13.2. The molecule has 3 heterocycles. The topological polar surface area (TPSA) is 29.0 Å². The molecule has 0 radical (unpaired) electrons. The molecule has 2 aliphatic rings. The molecule has 0 unspecified atom stereocenters. The maximum atomic E-state index is 4.60. The van der Waals surface area contributed by atoms with Gasteiger partial charge in [-0.25, -0.2) is 9.97 Å². The fourth-order valence-electron chi connectivity index (χ4n) is 3.81. The van der Waals surface area contributed by atoms with Crippen molar-refractivity contribution in [2.24, 2.45) is 0 Å². The molecule has 22 heavy (non-hydrogen) atoms. The quantitative estimate of drug-likeness (QED) is 0.621. The van der Waals surface area contributed by atoms with Gasteiger partial charge in [0, 0.05) is 22.1 Å². The minimum Gasteiger partial charge on any atom is -0.303 e. The van der Waals surface area contributed by atoms with Crippen LogP contribution in [0.5, 0.6) is 0 Å². The Hall–Kier alpha value is -0.650. The van der Waals surface area contributed by atoms with Gasteiger partial charge in [-0.2, -0.15) is 0 Å². The molecular formula is C17H23N3S2. The van der Waals surface area contributed by atoms with E-state index in [9.17, 15) is 0 Å². The molecular weight excluding hydrogens is 310 g/mol. The minimum absolute atomic E-state index is 0.770. The highest BCUT2D eigenvalue weighted by atomic mass is 32.2. The van der Waals surface area contributed by atoms with Gasteiger partial charge in [0.15, 0.2) is 0 Å². The van der Waals surface area contributed by atoms with Crippen molar-refractivity contribution in [3.8, 4) is 0 Å². The first-order valence-corrected chi connectivity index (χ1v) is 10.2. The molecule has 4 rings (SSSR count). The van der Waals surface area contributed by atoms with Gasteiger partial charge in [-0.15, -0.1) is 23.1 Å². The predicted octanol–water partition coefficient (Wildman–Crippen LogP) is 4.15. The van der Waals surface area contributed by atoms with Gasteiger partial charge >= 0.3 is 0 Å². The molecule has 2 aromatic heterocycles. The van der Waals surface area contributed by atoms with Crippen LogP contribution in [-0.2, 0) is 12.8 Å². The van der Waals surface area contributed by atoms with Crippen molar-refractivity contribution in [3.05, 3.63) is 16.8 Å². The van der Waals surface area contributed by atoms with E-state index in [1.165, 1.54) is 72.5 Å². The number of thiophene rings is 1. The number of fused-ring (bicyclic) bond motifs is 3. The molecule has 0 N–H and O–H groups in total. The van der Waals surface area contributed by atoms with Crippen molar-refractivity contribution in [2.75, 3.05) is 19.3 Å². The molecule has 0 spiro atoms. The fraction of sp³-hybridized carbons (Fsp3) is 0.647. The summed E-state index contributed by atoms with van der Waals surface area (Å²) in [5, 5.41) is 2.60. The average molecular weight is 334 g/mol. The molecule has 1 aliphatic heterocycles. The van der Waals surface area contributed by atoms with Crippen LogP contribution in [0.4, 0.5) is 0 Å². The third-order valence-electron chi connectivity index (χ3n) is 5.08. The first kappa shape index (κ1) is 14.9. The summed E-state index contributed by atoms with van der Waals surface area (Å²) in [6, 6.07) is 0.770. The molecule has 0 amide bonds. The second kappa shape index (κ2) is 6.46. The summed E-state index contributed by atoms with van der Waals surface area (Å²) in [6.45, 7) is 1.27. The van der Waals surface area contributed by atoms with Crippen LogP contribution in [0, 0.1) is 0 Å². The molecule has 3 nitrogen and oxygen atoms in total. The Bertz CT molecular complexity index is 667. The van der Waals surface area contributed by atoms with Gasteiger partial charge in [0.2, 0.25) is 0 Å². The minimum atomic E-state index is 0.770. The summed E-state index contributed by atoms with van der Waals surface area (Å²) in [6.07, 6.45) is 10.9. The van der Waals surface area contributed by atoms with E-state index in [2.05, 4.69) is 21.9 Å². The second-order valence-corrected chi connectivity index (χ2v) is 8.65. The number of rotatable bonds is 4. The molecule has 5 heteroatoms. The van der Waals surface area contributed by atoms with Crippen molar-refractivity contribution in [1.29, 1.82) is 0 Å². The van der Waals surface area contributed by atoms with Crippen LogP contribution in [0.25, 0.3) is 10.2 Å². The number of hydrogen-bond acceptors (Lipinski definition) is 5. The summed E-state index contributed by atoms with van der Waals surface area (Å²) >= 11 is 3.83. The van der Waals surface area contributed by atoms with Crippen LogP contribution in [0.3, 0.4) is 0 Å². The van der Waals surface area contributed by atoms with Crippen molar-refractivity contribution in [3.63, 3.8) is 0 Å². The third kappa shape index (κ3) is 2.79. The van der Waals surface area contributed by atoms with Crippen LogP contribution >= 0.6 is 23.1 Å². The van der Waals surface area contributed by atoms with E-state index >= 15 is 0 Å². The fourth-order valence-corrected chi connectivity index (χ4v) is 6.17. The predicted molar refractivity (Wildman–Crippen MR) is 95.1 cm³/mol. The molecule has 0 bridgehead atoms. The van der Waals surface area contributed by atoms with Crippen LogP contribution in [0.15, 0.2) is 11.4 Å². The number of aryl methyl sites for hydroxylation is 2. The third-order valence-corrected chi connectivity index (χ3v) is 7.30. The van der Waals surface area contributed by atoms with Crippen LogP contribution < -0.4 is 0 Å². The van der Waals surface area contributed by atoms with Crippen molar-refractivity contribution in [2.45, 2.75) is 56.0 Å². The number of aromatic nitrogens is 2. The summed E-state index contributed by atoms with van der Waals surface area (Å²) in [5.41, 5.74) is 1.55. The van der Waals surface area contributed by atoms with E-state index in [0.29, 0.717) is 0 Å². The molecule has 1 atom stereocenters. The highest BCUT2D eigenvalue weighted by molar-refractivity contribution is 7.99. The lowest BCUT2D eigenvalue weighted by atomic mass is 10.0. The standard InChI is InChI=1S/C17H23N3S2/c1-20-9-3-2-5-12(20)8-10-21-16-15-13-6-4-7-14(13)22-17(15)19-11-18-16/h11-12H,2-10H2,1H3/t12-/m0/s1. The highest BCUT2D eigenvalue weighted by Gasteiger charge is 2.22. The van der Waals surface area contributed by atoms with E-state index in [0.717, 1.165) is 6.04 Å². The Morgan fingerprint density at radius 1 is 1.27 bits per heavy atom. The first-order valence-electron chi connectivity index (χ1n) is 8.41. The zero-order valence-corrected chi connectivity index (χ0v) is 14.8. The maximum Gasteiger partial charge on any atom is 0.128 e. The maximum absolute atomic E-state index is 4.60. The lowest BCUT2D eigenvalue weighted by molar-refractivity contribution is 0.182. The molecule has 1 saturated heterocycles. The number of piperidine rings is 1. The van der Waals surface area contributed by atoms with Gasteiger partial charge in [0.05, 0.1) is 0 Å². The van der Waals surface area contributed by atoms with Crippen molar-refractivity contribution < 1.29 is 0 Å². The van der Waals surface area contributed by atoms with Crippen molar-refractivity contribution in [1.82, 2.24) is 14.9 Å². The van der Waals surface area contributed by atoms with E-state index < -0.39 is 0 Å². The lowest BCUT2D eigenvalue weighted by Gasteiger charge is -2.32. The molecule has 0 aromatic carbocycles. The number of hydrogen-bond donors (Lipinski definition) is 0. The van der Waals surface area contributed by atoms with E-state index in [-0.39, 0.29) is 0 Å². The van der Waals surface area contributed by atoms with Gasteiger partial charge < -0.3 is 4.90 Å².